The molecule has 0 aliphatic carbocycles. The van der Waals surface area contributed by atoms with Gasteiger partial charge in [0.05, 0.1) is 31.7 Å². The molecule has 3 aromatic rings. The number of morpholine rings is 1. The predicted molar refractivity (Wildman–Crippen MR) is 145 cm³/mol. The molecule has 0 aromatic heterocycles. The molecule has 3 aromatic carbocycles. The summed E-state index contributed by atoms with van der Waals surface area (Å²) in [6, 6.07) is 20.0. The molecule has 36 heavy (non-hydrogen) atoms. The number of amides is 1. The van der Waals surface area contributed by atoms with Crippen LogP contribution in [0, 0.1) is 0 Å². The first-order valence-corrected chi connectivity index (χ1v) is 11.9. The topological polar surface area (TPSA) is 87.2 Å². The normalized spacial score (nSPS) is 16.5. The molecule has 2 aliphatic rings. The highest BCUT2D eigenvalue weighted by molar-refractivity contribution is 6.00. The molecule has 5 rings (SSSR count). The first-order chi connectivity index (χ1) is 17.6. The van der Waals surface area contributed by atoms with Crippen molar-refractivity contribution in [3.05, 3.63) is 78.9 Å². The molecule has 1 unspecified atom stereocenters. The van der Waals surface area contributed by atoms with Gasteiger partial charge < -0.3 is 30.3 Å². The van der Waals surface area contributed by atoms with E-state index >= 15 is 0 Å². The summed E-state index contributed by atoms with van der Waals surface area (Å²) < 4.78 is 11.2. The predicted octanol–water partition coefficient (Wildman–Crippen LogP) is 4.56. The maximum atomic E-state index is 11.8. The van der Waals surface area contributed by atoms with Crippen LogP contribution in [0.15, 0.2) is 78.3 Å². The molecule has 2 aliphatic heterocycles. The molecular formula is C28H29N5O3. The average Bonchev–Trinajstić information content (AvgIpc) is 2.93. The van der Waals surface area contributed by atoms with Crippen molar-refractivity contribution in [3.8, 4) is 16.9 Å². The number of benzene rings is 3. The van der Waals surface area contributed by atoms with Crippen LogP contribution < -0.4 is 25.6 Å². The van der Waals surface area contributed by atoms with Crippen molar-refractivity contribution in [3.63, 3.8) is 0 Å². The molecule has 0 bridgehead atoms. The van der Waals surface area contributed by atoms with E-state index in [9.17, 15) is 4.79 Å². The molecule has 1 amide bonds. The SMILES string of the molecule is C=CC(=O)Nc1cccc(-c2cccc3c2NC(Nc2ccc(N4CCOCC4)cc2OC)N=C3)c1. The summed E-state index contributed by atoms with van der Waals surface area (Å²) in [4.78, 5) is 18.7. The lowest BCUT2D eigenvalue weighted by Crippen LogP contribution is -2.36. The molecule has 8 nitrogen and oxygen atoms in total. The van der Waals surface area contributed by atoms with E-state index in [1.807, 2.05) is 60.8 Å². The van der Waals surface area contributed by atoms with Gasteiger partial charge in [0.2, 0.25) is 5.91 Å². The largest absolute Gasteiger partial charge is 0.495 e. The summed E-state index contributed by atoms with van der Waals surface area (Å²) >= 11 is 0. The fourth-order valence-corrected chi connectivity index (χ4v) is 4.40. The minimum atomic E-state index is -0.384. The van der Waals surface area contributed by atoms with E-state index in [1.165, 1.54) is 6.08 Å². The molecule has 184 valence electrons. The van der Waals surface area contributed by atoms with Crippen molar-refractivity contribution in [2.45, 2.75) is 6.29 Å². The number of nitrogens with zero attached hydrogens (tertiary/aromatic N) is 2. The Kier molecular flexibility index (Phi) is 6.86. The van der Waals surface area contributed by atoms with Crippen molar-refractivity contribution in [2.75, 3.05) is 54.3 Å². The number of carbonyl (C=O) groups excluding carboxylic acids is 1. The number of carbonyl (C=O) groups is 1. The third kappa shape index (κ3) is 5.04. The van der Waals surface area contributed by atoms with Crippen molar-refractivity contribution >= 4 is 34.9 Å². The summed E-state index contributed by atoms with van der Waals surface area (Å²) in [5.74, 6) is 0.506. The Balaban J connectivity index is 1.37. The Bertz CT molecular complexity index is 1300. The van der Waals surface area contributed by atoms with Crippen molar-refractivity contribution in [2.24, 2.45) is 4.99 Å². The molecule has 3 N–H and O–H groups in total. The maximum absolute atomic E-state index is 11.8. The molecule has 8 heteroatoms. The molecule has 0 spiro atoms. The third-order valence-electron chi connectivity index (χ3n) is 6.22. The standard InChI is InChI=1S/C28H29N5O3/c1-3-26(34)30-21-8-4-6-19(16-21)23-9-5-7-20-18-29-28(32-27(20)23)31-24-11-10-22(17-25(24)35-2)33-12-14-36-15-13-33/h3-11,16-18,28,31-32H,1,12-15H2,2H3,(H,30,34). The molecule has 0 radical (unpaired) electrons. The van der Waals surface area contributed by atoms with E-state index in [0.717, 1.165) is 65.8 Å². The quantitative estimate of drug-likeness (QED) is 0.427. The lowest BCUT2D eigenvalue weighted by atomic mass is 9.99. The van der Waals surface area contributed by atoms with E-state index in [0.29, 0.717) is 5.69 Å². The molecule has 0 saturated carbocycles. The summed E-state index contributed by atoms with van der Waals surface area (Å²) in [5.41, 5.74) is 6.59. The van der Waals surface area contributed by atoms with Gasteiger partial charge in [-0.05, 0) is 35.9 Å². The van der Waals surface area contributed by atoms with Crippen LogP contribution in [0.25, 0.3) is 11.1 Å². The van der Waals surface area contributed by atoms with Crippen LogP contribution in [-0.2, 0) is 9.53 Å². The zero-order chi connectivity index (χ0) is 24.9. The van der Waals surface area contributed by atoms with Crippen molar-refractivity contribution in [1.29, 1.82) is 0 Å². The lowest BCUT2D eigenvalue weighted by molar-refractivity contribution is -0.111. The Morgan fingerprint density at radius 2 is 2.00 bits per heavy atom. The first kappa shape index (κ1) is 23.4. The van der Waals surface area contributed by atoms with Gasteiger partial charge in [0.15, 0.2) is 6.29 Å². The first-order valence-electron chi connectivity index (χ1n) is 11.9. The molecule has 1 fully saturated rings. The minimum absolute atomic E-state index is 0.245. The Morgan fingerprint density at radius 3 is 2.81 bits per heavy atom. The Hall–Kier alpha value is -4.30. The van der Waals surface area contributed by atoms with Crippen molar-refractivity contribution in [1.82, 2.24) is 0 Å². The van der Waals surface area contributed by atoms with Crippen molar-refractivity contribution < 1.29 is 14.3 Å². The van der Waals surface area contributed by atoms with E-state index in [2.05, 4.69) is 38.5 Å². The highest BCUT2D eigenvalue weighted by atomic mass is 16.5. The van der Waals surface area contributed by atoms with Gasteiger partial charge in [-0.25, -0.2) is 4.99 Å². The smallest absolute Gasteiger partial charge is 0.247 e. The minimum Gasteiger partial charge on any atom is -0.495 e. The average molecular weight is 484 g/mol. The Labute approximate surface area is 210 Å². The number of rotatable bonds is 7. The fourth-order valence-electron chi connectivity index (χ4n) is 4.40. The maximum Gasteiger partial charge on any atom is 0.247 e. The van der Waals surface area contributed by atoms with Gasteiger partial charge in [-0.1, -0.05) is 36.9 Å². The summed E-state index contributed by atoms with van der Waals surface area (Å²) in [6.45, 7) is 6.71. The summed E-state index contributed by atoms with van der Waals surface area (Å²) in [5, 5.41) is 9.79. The molecule has 1 atom stereocenters. The van der Waals surface area contributed by atoms with Gasteiger partial charge in [-0.2, -0.15) is 0 Å². The molecule has 1 saturated heterocycles. The number of hydrogen-bond donors (Lipinski definition) is 3. The van der Waals surface area contributed by atoms with Crippen LogP contribution in [0.3, 0.4) is 0 Å². The van der Waals surface area contributed by atoms with E-state index in [4.69, 9.17) is 9.47 Å². The second-order valence-electron chi connectivity index (χ2n) is 8.50. The number of ether oxygens (including phenoxy) is 2. The number of nitrogens with one attached hydrogen (secondary N) is 3. The molecule has 2 heterocycles. The van der Waals surface area contributed by atoms with Gasteiger partial charge in [0.25, 0.3) is 0 Å². The third-order valence-corrected chi connectivity index (χ3v) is 6.22. The van der Waals surface area contributed by atoms with Crippen LogP contribution in [0.5, 0.6) is 5.75 Å². The number of methoxy groups -OCH3 is 1. The van der Waals surface area contributed by atoms with E-state index < -0.39 is 0 Å². The highest BCUT2D eigenvalue weighted by Crippen LogP contribution is 2.35. The Morgan fingerprint density at radius 1 is 1.17 bits per heavy atom. The number of fused-ring (bicyclic) bond motifs is 1. The number of anilines is 4. The number of aliphatic imine (C=N–C) groups is 1. The summed E-state index contributed by atoms with van der Waals surface area (Å²) in [7, 11) is 1.67. The van der Waals surface area contributed by atoms with Crippen LogP contribution in [-0.4, -0.2) is 51.8 Å². The zero-order valence-electron chi connectivity index (χ0n) is 20.2. The van der Waals surface area contributed by atoms with Gasteiger partial charge in [0, 0.05) is 47.9 Å². The lowest BCUT2D eigenvalue weighted by Gasteiger charge is -2.30. The fraction of sp³-hybridized carbons (Fsp3) is 0.214. The zero-order valence-corrected chi connectivity index (χ0v) is 20.2. The van der Waals surface area contributed by atoms with Crippen LogP contribution in [0.1, 0.15) is 5.56 Å². The number of para-hydroxylation sites is 1. The molecular weight excluding hydrogens is 454 g/mol. The van der Waals surface area contributed by atoms with Gasteiger partial charge in [-0.3, -0.25) is 4.79 Å². The second-order valence-corrected chi connectivity index (χ2v) is 8.50. The van der Waals surface area contributed by atoms with E-state index in [-0.39, 0.29) is 12.2 Å². The van der Waals surface area contributed by atoms with Crippen LogP contribution in [0.4, 0.5) is 22.7 Å². The summed E-state index contributed by atoms with van der Waals surface area (Å²) in [6.07, 6.45) is 2.74. The van der Waals surface area contributed by atoms with Crippen LogP contribution >= 0.6 is 0 Å². The van der Waals surface area contributed by atoms with Gasteiger partial charge in [-0.15, -0.1) is 0 Å². The second kappa shape index (κ2) is 10.5. The highest BCUT2D eigenvalue weighted by Gasteiger charge is 2.20. The van der Waals surface area contributed by atoms with Gasteiger partial charge in [0.1, 0.15) is 5.75 Å². The number of hydrogen-bond acceptors (Lipinski definition) is 7. The van der Waals surface area contributed by atoms with E-state index in [1.54, 1.807) is 7.11 Å². The van der Waals surface area contributed by atoms with Gasteiger partial charge >= 0.3 is 0 Å². The monoisotopic (exact) mass is 483 g/mol. The van der Waals surface area contributed by atoms with Crippen LogP contribution in [0.2, 0.25) is 0 Å².